The van der Waals surface area contributed by atoms with Gasteiger partial charge in [0.15, 0.2) is 6.61 Å². The molecule has 0 atom stereocenters. The van der Waals surface area contributed by atoms with Crippen LogP contribution in [0, 0.1) is 0 Å². The molecule has 0 saturated carbocycles. The first-order chi connectivity index (χ1) is 10.1. The van der Waals surface area contributed by atoms with Gasteiger partial charge >= 0.3 is 5.97 Å². The van der Waals surface area contributed by atoms with Gasteiger partial charge in [0.1, 0.15) is 11.5 Å². The van der Waals surface area contributed by atoms with E-state index in [1.807, 2.05) is 12.1 Å². The first-order valence-corrected chi connectivity index (χ1v) is 7.63. The van der Waals surface area contributed by atoms with E-state index in [2.05, 4.69) is 22.9 Å². The number of halogens is 2. The number of hydrogen-bond donors (Lipinski definition) is 0. The first kappa shape index (κ1) is 15.9. The van der Waals surface area contributed by atoms with E-state index in [4.69, 9.17) is 21.1 Å². The van der Waals surface area contributed by atoms with Crippen LogP contribution in [-0.2, 0) is 11.2 Å². The van der Waals surface area contributed by atoms with E-state index in [-0.39, 0.29) is 6.61 Å². The van der Waals surface area contributed by atoms with Crippen molar-refractivity contribution >= 4 is 33.5 Å². The number of carbonyl (C=O) groups excluding carboxylic acids is 1. The molecule has 2 aromatic rings. The highest BCUT2D eigenvalue weighted by molar-refractivity contribution is 9.10. The Morgan fingerprint density at radius 3 is 2.52 bits per heavy atom. The van der Waals surface area contributed by atoms with Crippen molar-refractivity contribution in [1.29, 1.82) is 0 Å². The predicted octanol–water partition coefficient (Wildman–Crippen LogP) is 4.65. The molecule has 0 spiro atoms. The maximum absolute atomic E-state index is 11.7. The lowest BCUT2D eigenvalue weighted by Gasteiger charge is -2.08. The van der Waals surface area contributed by atoms with Crippen molar-refractivity contribution in [3.63, 3.8) is 0 Å². The Balaban J connectivity index is 1.89. The molecule has 0 unspecified atom stereocenters. The third-order valence-corrected chi connectivity index (χ3v) is 3.66. The zero-order valence-corrected chi connectivity index (χ0v) is 13.8. The third-order valence-electron chi connectivity index (χ3n) is 2.80. The lowest BCUT2D eigenvalue weighted by molar-refractivity contribution is -0.136. The summed E-state index contributed by atoms with van der Waals surface area (Å²) in [6.45, 7) is 1.90. The van der Waals surface area contributed by atoms with Crippen molar-refractivity contribution in [1.82, 2.24) is 0 Å². The maximum atomic E-state index is 11.7. The van der Waals surface area contributed by atoms with Gasteiger partial charge in [-0.1, -0.05) is 30.7 Å². The largest absolute Gasteiger partial charge is 0.481 e. The monoisotopic (exact) mass is 368 g/mol. The van der Waals surface area contributed by atoms with Crippen molar-refractivity contribution in [3.05, 3.63) is 57.5 Å². The van der Waals surface area contributed by atoms with E-state index in [9.17, 15) is 4.79 Å². The van der Waals surface area contributed by atoms with Crippen LogP contribution >= 0.6 is 27.5 Å². The van der Waals surface area contributed by atoms with Crippen molar-refractivity contribution in [2.45, 2.75) is 13.3 Å². The lowest BCUT2D eigenvalue weighted by Crippen LogP contribution is -2.17. The molecular formula is C16H14BrClO3. The van der Waals surface area contributed by atoms with Crippen LogP contribution in [0.4, 0.5) is 0 Å². The fourth-order valence-electron chi connectivity index (χ4n) is 1.68. The summed E-state index contributed by atoms with van der Waals surface area (Å²) in [5, 5.41) is 0.591. The predicted molar refractivity (Wildman–Crippen MR) is 86.1 cm³/mol. The Morgan fingerprint density at radius 1 is 1.19 bits per heavy atom. The second-order valence-corrected chi connectivity index (χ2v) is 5.63. The zero-order chi connectivity index (χ0) is 15.2. The van der Waals surface area contributed by atoms with E-state index in [0.29, 0.717) is 21.0 Å². The van der Waals surface area contributed by atoms with Crippen LogP contribution in [0.1, 0.15) is 12.5 Å². The molecule has 2 aromatic carbocycles. The van der Waals surface area contributed by atoms with Gasteiger partial charge in [-0.25, -0.2) is 4.79 Å². The van der Waals surface area contributed by atoms with E-state index < -0.39 is 5.97 Å². The summed E-state index contributed by atoms with van der Waals surface area (Å²) in [5.74, 6) is 0.592. The van der Waals surface area contributed by atoms with Gasteiger partial charge in [-0.3, -0.25) is 0 Å². The van der Waals surface area contributed by atoms with Crippen molar-refractivity contribution < 1.29 is 14.3 Å². The van der Waals surface area contributed by atoms with Crippen molar-refractivity contribution in [3.8, 4) is 11.5 Å². The summed E-state index contributed by atoms with van der Waals surface area (Å²) < 4.78 is 11.3. The van der Waals surface area contributed by atoms with Gasteiger partial charge in [-0.05, 0) is 58.2 Å². The Hall–Kier alpha value is -1.52. The van der Waals surface area contributed by atoms with Crippen LogP contribution in [0.3, 0.4) is 0 Å². The lowest BCUT2D eigenvalue weighted by atomic mass is 10.2. The van der Waals surface area contributed by atoms with E-state index in [1.165, 1.54) is 5.56 Å². The summed E-state index contributed by atoms with van der Waals surface area (Å²) >= 11 is 9.15. The molecular weight excluding hydrogens is 356 g/mol. The van der Waals surface area contributed by atoms with Crippen LogP contribution in [0.5, 0.6) is 11.5 Å². The minimum Gasteiger partial charge on any atom is -0.481 e. The van der Waals surface area contributed by atoms with Crippen LogP contribution in [0.15, 0.2) is 46.9 Å². The molecule has 0 saturated heterocycles. The minimum absolute atomic E-state index is 0.171. The summed E-state index contributed by atoms with van der Waals surface area (Å²) in [6.07, 6.45) is 0.946. The quantitative estimate of drug-likeness (QED) is 0.568. The molecule has 0 aliphatic carbocycles. The second kappa shape index (κ2) is 7.48. The molecule has 0 fully saturated rings. The highest BCUT2D eigenvalue weighted by Gasteiger charge is 2.08. The standard InChI is InChI=1S/C16H14BrClO3/c1-2-11-3-6-13(7-4-11)21-16(19)10-20-15-8-5-12(18)9-14(15)17/h3-9H,2,10H2,1H3. The van der Waals surface area contributed by atoms with E-state index in [1.54, 1.807) is 30.3 Å². The maximum Gasteiger partial charge on any atom is 0.349 e. The Kier molecular flexibility index (Phi) is 5.65. The number of ether oxygens (including phenoxy) is 2. The van der Waals surface area contributed by atoms with E-state index >= 15 is 0 Å². The molecule has 0 N–H and O–H groups in total. The summed E-state index contributed by atoms with van der Waals surface area (Å²) in [7, 11) is 0. The fourth-order valence-corrected chi connectivity index (χ4v) is 2.48. The van der Waals surface area contributed by atoms with Crippen LogP contribution < -0.4 is 9.47 Å². The van der Waals surface area contributed by atoms with Gasteiger partial charge in [-0.2, -0.15) is 0 Å². The smallest absolute Gasteiger partial charge is 0.349 e. The molecule has 0 heterocycles. The summed E-state index contributed by atoms with van der Waals surface area (Å²) in [5.41, 5.74) is 1.19. The van der Waals surface area contributed by atoms with Gasteiger partial charge in [0, 0.05) is 5.02 Å². The van der Waals surface area contributed by atoms with Crippen LogP contribution in [0.2, 0.25) is 5.02 Å². The van der Waals surface area contributed by atoms with Crippen LogP contribution in [0.25, 0.3) is 0 Å². The van der Waals surface area contributed by atoms with Crippen molar-refractivity contribution in [2.75, 3.05) is 6.61 Å². The highest BCUT2D eigenvalue weighted by Crippen LogP contribution is 2.27. The number of rotatable bonds is 5. The number of carbonyl (C=O) groups is 1. The number of esters is 1. The molecule has 0 bridgehead atoms. The molecule has 110 valence electrons. The summed E-state index contributed by atoms with van der Waals surface area (Å²) in [4.78, 5) is 11.7. The van der Waals surface area contributed by atoms with Gasteiger partial charge in [0.05, 0.1) is 4.47 Å². The number of hydrogen-bond acceptors (Lipinski definition) is 3. The minimum atomic E-state index is -0.457. The average molecular weight is 370 g/mol. The van der Waals surface area contributed by atoms with Gasteiger partial charge < -0.3 is 9.47 Å². The first-order valence-electron chi connectivity index (χ1n) is 6.46. The number of benzene rings is 2. The van der Waals surface area contributed by atoms with Gasteiger partial charge in [0.25, 0.3) is 0 Å². The normalized spacial score (nSPS) is 10.2. The average Bonchev–Trinajstić information content (AvgIpc) is 2.47. The SMILES string of the molecule is CCc1ccc(OC(=O)COc2ccc(Cl)cc2Br)cc1. The molecule has 0 aromatic heterocycles. The molecule has 0 aliphatic rings. The van der Waals surface area contributed by atoms with Gasteiger partial charge in [-0.15, -0.1) is 0 Å². The Morgan fingerprint density at radius 2 is 1.90 bits per heavy atom. The Bertz CT molecular complexity index is 626. The molecule has 0 aliphatic heterocycles. The van der Waals surface area contributed by atoms with Gasteiger partial charge in [0.2, 0.25) is 0 Å². The fraction of sp³-hybridized carbons (Fsp3) is 0.188. The van der Waals surface area contributed by atoms with Crippen LogP contribution in [-0.4, -0.2) is 12.6 Å². The topological polar surface area (TPSA) is 35.5 Å². The number of aryl methyl sites for hydroxylation is 1. The Labute approximate surface area is 137 Å². The van der Waals surface area contributed by atoms with Crippen molar-refractivity contribution in [2.24, 2.45) is 0 Å². The molecule has 2 rings (SSSR count). The third kappa shape index (κ3) is 4.76. The second-order valence-electron chi connectivity index (χ2n) is 4.33. The highest BCUT2D eigenvalue weighted by atomic mass is 79.9. The molecule has 3 nitrogen and oxygen atoms in total. The zero-order valence-electron chi connectivity index (χ0n) is 11.4. The molecule has 0 amide bonds. The molecule has 0 radical (unpaired) electrons. The summed E-state index contributed by atoms with van der Waals surface area (Å²) in [6, 6.07) is 12.5. The van der Waals surface area contributed by atoms with E-state index in [0.717, 1.165) is 6.42 Å². The molecule has 5 heteroatoms. The molecule has 21 heavy (non-hydrogen) atoms.